The summed E-state index contributed by atoms with van der Waals surface area (Å²) in [5.41, 5.74) is 0. The smallest absolute Gasteiger partial charge is 0.306 e. The maximum atomic E-state index is 12.8. The third-order valence-corrected chi connectivity index (χ3v) is 11.5. The number of ether oxygens (including phenoxy) is 3. The highest BCUT2D eigenvalue weighted by Gasteiger charge is 2.19. The van der Waals surface area contributed by atoms with Gasteiger partial charge in [0.15, 0.2) is 6.10 Å². The molecule has 0 aromatic heterocycles. The first-order valence-corrected chi connectivity index (χ1v) is 27.2. The standard InChI is InChI=1S/C59H100O6/c1-4-7-10-13-16-19-22-24-26-28-30-32-34-37-40-43-46-49-52-58(61)64-55-56(54-63-57(60)51-48-45-42-39-36-21-18-15-12-9-6-3)65-59(62)53-50-47-44-41-38-35-33-31-29-27-25-23-20-17-14-11-8-5-2/h15-16,18-19,21-22,24,26,28,30-33,36,56H,4-14,17,20,23,25,27,29,34-35,37-55H2,1-3H3/b18-15-,19-16-,24-22-,28-26-,32-30-,33-31-,36-21-. The van der Waals surface area contributed by atoms with Gasteiger partial charge in [0, 0.05) is 19.3 Å². The van der Waals surface area contributed by atoms with Gasteiger partial charge in [0.1, 0.15) is 13.2 Å². The molecule has 0 aromatic rings. The summed E-state index contributed by atoms with van der Waals surface area (Å²) in [6, 6.07) is 0. The van der Waals surface area contributed by atoms with E-state index < -0.39 is 6.10 Å². The van der Waals surface area contributed by atoms with Crippen LogP contribution in [0.4, 0.5) is 0 Å². The average molecular weight is 905 g/mol. The second-order valence-electron chi connectivity index (χ2n) is 17.9. The second kappa shape index (κ2) is 53.2. The van der Waals surface area contributed by atoms with Crippen LogP contribution in [0.15, 0.2) is 85.1 Å². The molecule has 0 saturated heterocycles. The molecule has 0 aliphatic heterocycles. The van der Waals surface area contributed by atoms with Gasteiger partial charge in [-0.15, -0.1) is 0 Å². The summed E-state index contributed by atoms with van der Waals surface area (Å²) in [6.07, 6.45) is 68.5. The van der Waals surface area contributed by atoms with E-state index in [-0.39, 0.29) is 31.1 Å². The first-order valence-electron chi connectivity index (χ1n) is 27.2. The molecule has 0 radical (unpaired) electrons. The molecule has 6 heteroatoms. The Bertz CT molecular complexity index is 1270. The molecule has 65 heavy (non-hydrogen) atoms. The van der Waals surface area contributed by atoms with Crippen molar-refractivity contribution in [1.29, 1.82) is 0 Å². The number of carbonyl (C=O) groups is 3. The molecule has 6 nitrogen and oxygen atoms in total. The second-order valence-corrected chi connectivity index (χ2v) is 17.9. The number of hydrogen-bond donors (Lipinski definition) is 0. The Kier molecular flexibility index (Phi) is 50.4. The summed E-state index contributed by atoms with van der Waals surface area (Å²) in [6.45, 7) is 6.50. The normalized spacial score (nSPS) is 12.7. The highest BCUT2D eigenvalue weighted by molar-refractivity contribution is 5.71. The van der Waals surface area contributed by atoms with Crippen LogP contribution < -0.4 is 0 Å². The lowest BCUT2D eigenvalue weighted by Gasteiger charge is -2.18. The van der Waals surface area contributed by atoms with Crippen molar-refractivity contribution in [2.45, 2.75) is 258 Å². The van der Waals surface area contributed by atoms with Gasteiger partial charge >= 0.3 is 17.9 Å². The summed E-state index contributed by atoms with van der Waals surface area (Å²) in [5.74, 6) is -0.957. The molecule has 0 aromatic carbocycles. The lowest BCUT2D eigenvalue weighted by atomic mass is 10.1. The van der Waals surface area contributed by atoms with Crippen LogP contribution in [-0.4, -0.2) is 37.2 Å². The number of carbonyl (C=O) groups excluding carboxylic acids is 3. The zero-order valence-corrected chi connectivity index (χ0v) is 42.5. The minimum atomic E-state index is -0.802. The van der Waals surface area contributed by atoms with Gasteiger partial charge in [-0.05, 0) is 89.9 Å². The van der Waals surface area contributed by atoms with Crippen LogP contribution in [0.3, 0.4) is 0 Å². The SMILES string of the molecule is CCCC/C=C\C=C/CCCCCC(=O)OCC(COC(=O)CCCCCCC\C=C/C=C\C=C/C=C\CCCCC)OC(=O)CCCCCCC/C=C\CCCCCCCCCCC. The van der Waals surface area contributed by atoms with Crippen molar-refractivity contribution in [3.63, 3.8) is 0 Å². The largest absolute Gasteiger partial charge is 0.462 e. The van der Waals surface area contributed by atoms with E-state index in [4.69, 9.17) is 14.2 Å². The highest BCUT2D eigenvalue weighted by atomic mass is 16.6. The number of unbranched alkanes of at least 4 members (excludes halogenated alkanes) is 27. The summed E-state index contributed by atoms with van der Waals surface area (Å²) in [5, 5.41) is 0. The van der Waals surface area contributed by atoms with Crippen molar-refractivity contribution < 1.29 is 28.6 Å². The molecule has 0 spiro atoms. The van der Waals surface area contributed by atoms with E-state index in [9.17, 15) is 14.4 Å². The summed E-state index contributed by atoms with van der Waals surface area (Å²) in [4.78, 5) is 38.0. The Labute approximate surface area is 401 Å². The zero-order chi connectivity index (χ0) is 47.2. The Morgan fingerprint density at radius 1 is 0.308 bits per heavy atom. The van der Waals surface area contributed by atoms with Gasteiger partial charge in [0.05, 0.1) is 0 Å². The lowest BCUT2D eigenvalue weighted by Crippen LogP contribution is -2.30. The Hall–Kier alpha value is -3.41. The van der Waals surface area contributed by atoms with Crippen molar-refractivity contribution in [2.75, 3.05) is 13.2 Å². The number of hydrogen-bond acceptors (Lipinski definition) is 6. The number of allylic oxidation sites excluding steroid dienone is 14. The summed E-state index contributed by atoms with van der Waals surface area (Å²) < 4.78 is 16.8. The molecule has 1 unspecified atom stereocenters. The van der Waals surface area contributed by atoms with Crippen LogP contribution in [0.25, 0.3) is 0 Å². The van der Waals surface area contributed by atoms with Crippen LogP contribution in [0.1, 0.15) is 252 Å². The molecule has 0 N–H and O–H groups in total. The Balaban J connectivity index is 4.44. The third-order valence-electron chi connectivity index (χ3n) is 11.5. The molecule has 0 rings (SSSR count). The van der Waals surface area contributed by atoms with Gasteiger partial charge < -0.3 is 14.2 Å². The van der Waals surface area contributed by atoms with Gasteiger partial charge in [0.25, 0.3) is 0 Å². The quantitative estimate of drug-likeness (QED) is 0.0199. The summed E-state index contributed by atoms with van der Waals surface area (Å²) in [7, 11) is 0. The lowest BCUT2D eigenvalue weighted by molar-refractivity contribution is -0.167. The molecule has 0 bridgehead atoms. The van der Waals surface area contributed by atoms with Crippen molar-refractivity contribution in [3.05, 3.63) is 85.1 Å². The number of esters is 3. The Morgan fingerprint density at radius 2 is 0.585 bits per heavy atom. The zero-order valence-electron chi connectivity index (χ0n) is 42.5. The van der Waals surface area contributed by atoms with E-state index in [1.807, 2.05) is 0 Å². The molecule has 372 valence electrons. The monoisotopic (exact) mass is 905 g/mol. The fourth-order valence-electron chi connectivity index (χ4n) is 7.31. The molecule has 0 aliphatic rings. The molecule has 0 amide bonds. The molecular weight excluding hydrogens is 805 g/mol. The van der Waals surface area contributed by atoms with Crippen LogP contribution >= 0.6 is 0 Å². The van der Waals surface area contributed by atoms with Crippen molar-refractivity contribution in [2.24, 2.45) is 0 Å². The predicted octanol–water partition coefficient (Wildman–Crippen LogP) is 18.0. The van der Waals surface area contributed by atoms with Crippen LogP contribution in [-0.2, 0) is 28.6 Å². The van der Waals surface area contributed by atoms with Gasteiger partial charge in [-0.1, -0.05) is 228 Å². The van der Waals surface area contributed by atoms with E-state index in [0.717, 1.165) is 109 Å². The Morgan fingerprint density at radius 3 is 1.02 bits per heavy atom. The molecule has 0 saturated carbocycles. The first kappa shape index (κ1) is 61.6. The topological polar surface area (TPSA) is 78.9 Å². The minimum absolute atomic E-state index is 0.101. The maximum absolute atomic E-state index is 12.8. The van der Waals surface area contributed by atoms with Crippen molar-refractivity contribution in [1.82, 2.24) is 0 Å². The van der Waals surface area contributed by atoms with Crippen LogP contribution in [0, 0.1) is 0 Å². The minimum Gasteiger partial charge on any atom is -0.462 e. The highest BCUT2D eigenvalue weighted by Crippen LogP contribution is 2.14. The third kappa shape index (κ3) is 51.4. The van der Waals surface area contributed by atoms with Gasteiger partial charge in [-0.2, -0.15) is 0 Å². The van der Waals surface area contributed by atoms with E-state index >= 15 is 0 Å². The van der Waals surface area contributed by atoms with Crippen LogP contribution in [0.5, 0.6) is 0 Å². The van der Waals surface area contributed by atoms with E-state index in [2.05, 4.69) is 106 Å². The van der Waals surface area contributed by atoms with E-state index in [1.165, 1.54) is 103 Å². The predicted molar refractivity (Wildman–Crippen MR) is 279 cm³/mol. The van der Waals surface area contributed by atoms with E-state index in [0.29, 0.717) is 19.3 Å². The number of rotatable bonds is 48. The average Bonchev–Trinajstić information content (AvgIpc) is 3.30. The molecule has 0 heterocycles. The van der Waals surface area contributed by atoms with Crippen LogP contribution in [0.2, 0.25) is 0 Å². The fourth-order valence-corrected chi connectivity index (χ4v) is 7.31. The first-order chi connectivity index (χ1) is 32.0. The van der Waals surface area contributed by atoms with Gasteiger partial charge in [-0.25, -0.2) is 0 Å². The maximum Gasteiger partial charge on any atom is 0.306 e. The van der Waals surface area contributed by atoms with Crippen molar-refractivity contribution >= 4 is 17.9 Å². The fraction of sp³-hybridized carbons (Fsp3) is 0.712. The molecule has 0 fully saturated rings. The van der Waals surface area contributed by atoms with E-state index in [1.54, 1.807) is 0 Å². The molecular formula is C59H100O6. The van der Waals surface area contributed by atoms with Gasteiger partial charge in [-0.3, -0.25) is 14.4 Å². The summed E-state index contributed by atoms with van der Waals surface area (Å²) >= 11 is 0. The molecule has 0 aliphatic carbocycles. The van der Waals surface area contributed by atoms with Crippen molar-refractivity contribution in [3.8, 4) is 0 Å². The molecule has 1 atom stereocenters. The van der Waals surface area contributed by atoms with Gasteiger partial charge in [0.2, 0.25) is 0 Å².